The van der Waals surface area contributed by atoms with E-state index in [1.165, 1.54) is 64.2 Å². The van der Waals surface area contributed by atoms with Gasteiger partial charge in [-0.3, -0.25) is 4.57 Å². The molecule has 2 aliphatic rings. The average molecular weight is 288 g/mol. The van der Waals surface area contributed by atoms with Crippen molar-refractivity contribution in [1.82, 2.24) is 10.2 Å². The second kappa shape index (κ2) is 7.78. The van der Waals surface area contributed by atoms with E-state index in [4.69, 9.17) is 0 Å². The summed E-state index contributed by atoms with van der Waals surface area (Å²) in [5.41, 5.74) is 0. The topological polar surface area (TPSA) is 61.4 Å². The van der Waals surface area contributed by atoms with Crippen LogP contribution in [-0.2, 0) is 4.57 Å². The van der Waals surface area contributed by atoms with E-state index in [-0.39, 0.29) is 0 Å². The molecule has 0 aromatic rings. The van der Waals surface area contributed by atoms with Crippen LogP contribution >= 0.6 is 7.67 Å². The number of hydrogen-bond donors (Lipinski definition) is 3. The van der Waals surface area contributed by atoms with E-state index >= 15 is 0 Å². The molecule has 0 aromatic carbocycles. The zero-order chi connectivity index (χ0) is 13.6. The molecule has 0 heterocycles. The Morgan fingerprint density at radius 2 is 1.16 bits per heavy atom. The molecule has 3 N–H and O–H groups in total. The molecular weight excluding hydrogens is 259 g/mol. The Labute approximate surface area is 117 Å². The SMILES string of the molecule is O=P(O)(NCC1CCCCC1)NCC1CCCCC1. The van der Waals surface area contributed by atoms with Crippen molar-refractivity contribution in [2.75, 3.05) is 13.1 Å². The fourth-order valence-corrected chi connectivity index (χ4v) is 4.47. The Balaban J connectivity index is 1.64. The van der Waals surface area contributed by atoms with Crippen molar-refractivity contribution < 1.29 is 9.46 Å². The van der Waals surface area contributed by atoms with Gasteiger partial charge in [0.25, 0.3) is 0 Å². The molecule has 19 heavy (non-hydrogen) atoms. The van der Waals surface area contributed by atoms with E-state index in [0.29, 0.717) is 24.9 Å². The number of hydrogen-bond acceptors (Lipinski definition) is 1. The summed E-state index contributed by atoms with van der Waals surface area (Å²) < 4.78 is 12.0. The van der Waals surface area contributed by atoms with Crippen molar-refractivity contribution in [3.8, 4) is 0 Å². The molecule has 0 aromatic heterocycles. The van der Waals surface area contributed by atoms with Crippen LogP contribution in [-0.4, -0.2) is 18.0 Å². The van der Waals surface area contributed by atoms with Gasteiger partial charge in [-0.15, -0.1) is 0 Å². The van der Waals surface area contributed by atoms with Crippen LogP contribution in [0, 0.1) is 11.8 Å². The van der Waals surface area contributed by atoms with Crippen molar-refractivity contribution in [2.45, 2.75) is 64.2 Å². The Morgan fingerprint density at radius 1 is 0.789 bits per heavy atom. The highest BCUT2D eigenvalue weighted by molar-refractivity contribution is 7.53. The summed E-state index contributed by atoms with van der Waals surface area (Å²) in [6, 6.07) is 0. The van der Waals surface area contributed by atoms with E-state index in [2.05, 4.69) is 10.2 Å². The lowest BCUT2D eigenvalue weighted by Gasteiger charge is -2.26. The van der Waals surface area contributed by atoms with Crippen LogP contribution in [0.5, 0.6) is 0 Å². The fraction of sp³-hybridized carbons (Fsp3) is 1.00. The average Bonchev–Trinajstić information content (AvgIpc) is 2.46. The van der Waals surface area contributed by atoms with Gasteiger partial charge >= 0.3 is 7.67 Å². The molecule has 0 atom stereocenters. The summed E-state index contributed by atoms with van der Waals surface area (Å²) in [6.07, 6.45) is 12.6. The lowest BCUT2D eigenvalue weighted by Crippen LogP contribution is -2.31. The molecule has 2 fully saturated rings. The van der Waals surface area contributed by atoms with Crippen molar-refractivity contribution in [2.24, 2.45) is 11.8 Å². The maximum Gasteiger partial charge on any atom is 0.338 e. The van der Waals surface area contributed by atoms with E-state index in [1.54, 1.807) is 0 Å². The summed E-state index contributed by atoms with van der Waals surface area (Å²) in [6.45, 7) is 1.37. The molecule has 0 radical (unpaired) electrons. The molecular formula is C14H29N2O2P. The molecule has 2 rings (SSSR count). The molecule has 0 aliphatic heterocycles. The van der Waals surface area contributed by atoms with Gasteiger partial charge in [0.05, 0.1) is 0 Å². The van der Waals surface area contributed by atoms with Crippen LogP contribution in [0.25, 0.3) is 0 Å². The monoisotopic (exact) mass is 288 g/mol. The second-order valence-corrected chi connectivity index (χ2v) is 8.09. The van der Waals surface area contributed by atoms with Gasteiger partial charge in [-0.2, -0.15) is 0 Å². The van der Waals surface area contributed by atoms with Gasteiger partial charge in [-0.25, -0.2) is 10.2 Å². The third kappa shape index (κ3) is 5.95. The van der Waals surface area contributed by atoms with Gasteiger partial charge in [0.2, 0.25) is 0 Å². The predicted molar refractivity (Wildman–Crippen MR) is 79.0 cm³/mol. The van der Waals surface area contributed by atoms with Crippen LogP contribution in [0.2, 0.25) is 0 Å². The Bertz CT molecular complexity index is 274. The maximum absolute atomic E-state index is 12.0. The van der Waals surface area contributed by atoms with Crippen molar-refractivity contribution in [3.05, 3.63) is 0 Å². The van der Waals surface area contributed by atoms with E-state index < -0.39 is 7.67 Å². The molecule has 2 aliphatic carbocycles. The first-order valence-electron chi connectivity index (χ1n) is 7.99. The lowest BCUT2D eigenvalue weighted by atomic mass is 9.89. The van der Waals surface area contributed by atoms with Gasteiger partial charge in [0, 0.05) is 13.1 Å². The minimum atomic E-state index is -3.33. The third-order valence-electron chi connectivity index (χ3n) is 4.64. The van der Waals surface area contributed by atoms with Gasteiger partial charge in [-0.1, -0.05) is 38.5 Å². The smallest absolute Gasteiger partial charge is 0.322 e. The molecule has 2 saturated carbocycles. The first-order valence-corrected chi connectivity index (χ1v) is 9.65. The van der Waals surface area contributed by atoms with Crippen LogP contribution in [0.15, 0.2) is 0 Å². The lowest BCUT2D eigenvalue weighted by molar-refractivity contribution is 0.336. The summed E-state index contributed by atoms with van der Waals surface area (Å²) >= 11 is 0. The van der Waals surface area contributed by atoms with Crippen LogP contribution in [0.4, 0.5) is 0 Å². The zero-order valence-corrected chi connectivity index (χ0v) is 12.8. The highest BCUT2D eigenvalue weighted by Crippen LogP contribution is 2.33. The number of rotatable bonds is 6. The molecule has 0 amide bonds. The van der Waals surface area contributed by atoms with Gasteiger partial charge < -0.3 is 4.89 Å². The summed E-state index contributed by atoms with van der Waals surface area (Å²) in [7, 11) is -3.33. The Hall–Kier alpha value is 0.110. The molecule has 112 valence electrons. The third-order valence-corrected chi connectivity index (χ3v) is 5.86. The van der Waals surface area contributed by atoms with Crippen molar-refractivity contribution >= 4 is 7.67 Å². The van der Waals surface area contributed by atoms with Crippen molar-refractivity contribution in [3.63, 3.8) is 0 Å². The summed E-state index contributed by atoms with van der Waals surface area (Å²) in [4.78, 5) is 9.91. The highest BCUT2D eigenvalue weighted by Gasteiger charge is 2.22. The molecule has 0 unspecified atom stereocenters. The van der Waals surface area contributed by atoms with Gasteiger partial charge in [0.15, 0.2) is 0 Å². The van der Waals surface area contributed by atoms with Crippen molar-refractivity contribution in [1.29, 1.82) is 0 Å². The quantitative estimate of drug-likeness (QED) is 0.655. The highest BCUT2D eigenvalue weighted by atomic mass is 31.2. The van der Waals surface area contributed by atoms with Gasteiger partial charge in [-0.05, 0) is 37.5 Å². The first-order chi connectivity index (χ1) is 9.16. The first kappa shape index (κ1) is 15.5. The van der Waals surface area contributed by atoms with Crippen LogP contribution in [0.3, 0.4) is 0 Å². The molecule has 5 heteroatoms. The minimum absolute atomic E-state index is 0.589. The fourth-order valence-electron chi connectivity index (χ4n) is 3.34. The van der Waals surface area contributed by atoms with E-state index in [9.17, 15) is 9.46 Å². The molecule has 0 spiro atoms. The van der Waals surface area contributed by atoms with Crippen LogP contribution < -0.4 is 10.2 Å². The molecule has 0 saturated heterocycles. The zero-order valence-electron chi connectivity index (χ0n) is 11.9. The number of nitrogens with one attached hydrogen (secondary N) is 2. The molecule has 4 nitrogen and oxygen atoms in total. The summed E-state index contributed by atoms with van der Waals surface area (Å²) in [5.74, 6) is 1.18. The minimum Gasteiger partial charge on any atom is -0.322 e. The second-order valence-electron chi connectivity index (χ2n) is 6.31. The maximum atomic E-state index is 12.0. The Kier molecular flexibility index (Phi) is 6.34. The van der Waals surface area contributed by atoms with Gasteiger partial charge in [0.1, 0.15) is 0 Å². The molecule has 0 bridgehead atoms. The Morgan fingerprint density at radius 3 is 1.53 bits per heavy atom. The standard InChI is InChI=1S/C14H29N2O2P/c17-19(18,15-11-13-7-3-1-4-8-13)16-12-14-9-5-2-6-10-14/h13-14H,1-12H2,(H3,15,16,17,18). The normalized spacial score (nSPS) is 23.6. The largest absolute Gasteiger partial charge is 0.338 e. The summed E-state index contributed by atoms with van der Waals surface area (Å²) in [5, 5.41) is 5.74. The predicted octanol–water partition coefficient (Wildman–Crippen LogP) is 3.43. The van der Waals surface area contributed by atoms with E-state index in [1.807, 2.05) is 0 Å². The van der Waals surface area contributed by atoms with Crippen LogP contribution in [0.1, 0.15) is 64.2 Å². The van der Waals surface area contributed by atoms with E-state index in [0.717, 1.165) is 0 Å².